The molecule has 1 aromatic heterocycles. The summed E-state index contributed by atoms with van der Waals surface area (Å²) in [5, 5.41) is 12.4. The van der Waals surface area contributed by atoms with Crippen LogP contribution in [0.15, 0.2) is 60.9 Å². The van der Waals surface area contributed by atoms with E-state index in [0.717, 1.165) is 5.56 Å². The van der Waals surface area contributed by atoms with Gasteiger partial charge in [0.05, 0.1) is 12.6 Å². The summed E-state index contributed by atoms with van der Waals surface area (Å²) in [6, 6.07) is 15.1. The van der Waals surface area contributed by atoms with E-state index in [2.05, 4.69) is 25.8 Å². The lowest BCUT2D eigenvalue weighted by Gasteiger charge is -2.16. The summed E-state index contributed by atoms with van der Waals surface area (Å²) in [5.74, 6) is -0.0645. The minimum absolute atomic E-state index is 0.0385. The van der Waals surface area contributed by atoms with Crippen molar-refractivity contribution in [1.82, 2.24) is 20.5 Å². The Balaban J connectivity index is 1.67. The predicted octanol–water partition coefficient (Wildman–Crippen LogP) is 2.26. The Labute approximate surface area is 138 Å². The molecule has 3 rings (SSSR count). The van der Waals surface area contributed by atoms with E-state index in [1.807, 2.05) is 30.3 Å². The van der Waals surface area contributed by atoms with Gasteiger partial charge in [-0.05, 0) is 23.8 Å². The van der Waals surface area contributed by atoms with Crippen molar-refractivity contribution in [3.63, 3.8) is 0 Å². The Morgan fingerprint density at radius 1 is 1.17 bits per heavy atom. The molecule has 0 radical (unpaired) electrons. The number of anilines is 1. The molecule has 1 heterocycles. The molecule has 0 bridgehead atoms. The van der Waals surface area contributed by atoms with Crippen molar-refractivity contribution in [2.75, 3.05) is 11.9 Å². The van der Waals surface area contributed by atoms with Crippen LogP contribution in [0.3, 0.4) is 0 Å². The zero-order valence-corrected chi connectivity index (χ0v) is 12.7. The van der Waals surface area contributed by atoms with Crippen molar-refractivity contribution in [1.29, 1.82) is 0 Å². The molecule has 0 aliphatic heterocycles. The molecular weight excluding hydrogens is 309 g/mol. The van der Waals surface area contributed by atoms with Crippen LogP contribution in [0.25, 0.3) is 0 Å². The summed E-state index contributed by atoms with van der Waals surface area (Å²) in [5.41, 5.74) is 1.37. The van der Waals surface area contributed by atoms with E-state index in [1.54, 1.807) is 12.1 Å². The number of hydrogen-bond acceptors (Lipinski definition) is 4. The smallest absolute Gasteiger partial charge is 0.238 e. The van der Waals surface area contributed by atoms with Gasteiger partial charge < -0.3 is 5.32 Å². The monoisotopic (exact) mass is 325 g/mol. The first-order valence-corrected chi connectivity index (χ1v) is 7.41. The maximum Gasteiger partial charge on any atom is 0.238 e. The topological polar surface area (TPSA) is 82.7 Å². The van der Waals surface area contributed by atoms with E-state index in [1.165, 1.54) is 18.5 Å². The van der Waals surface area contributed by atoms with Gasteiger partial charge in [0.2, 0.25) is 5.91 Å². The van der Waals surface area contributed by atoms with Crippen LogP contribution in [0.5, 0.6) is 0 Å². The number of benzene rings is 2. The molecule has 1 amide bonds. The number of nitrogens with one attached hydrogen (secondary N) is 3. The highest BCUT2D eigenvalue weighted by Gasteiger charge is 2.17. The molecule has 3 N–H and O–H groups in total. The molecule has 0 aliphatic carbocycles. The zero-order chi connectivity index (χ0) is 16.8. The lowest BCUT2D eigenvalue weighted by atomic mass is 10.1. The second-order valence-corrected chi connectivity index (χ2v) is 5.15. The van der Waals surface area contributed by atoms with Gasteiger partial charge >= 0.3 is 0 Å². The quantitative estimate of drug-likeness (QED) is 0.649. The van der Waals surface area contributed by atoms with Crippen LogP contribution in [0.1, 0.15) is 17.4 Å². The van der Waals surface area contributed by atoms with Gasteiger partial charge in [-0.2, -0.15) is 5.10 Å². The Kier molecular flexibility index (Phi) is 4.93. The zero-order valence-electron chi connectivity index (χ0n) is 12.7. The summed E-state index contributed by atoms with van der Waals surface area (Å²) in [6.45, 7) is 0.0385. The van der Waals surface area contributed by atoms with Crippen molar-refractivity contribution in [2.45, 2.75) is 6.04 Å². The molecule has 0 saturated carbocycles. The van der Waals surface area contributed by atoms with Crippen LogP contribution in [-0.2, 0) is 4.79 Å². The minimum Gasteiger partial charge on any atom is -0.325 e. The molecule has 0 saturated heterocycles. The number of carbonyl (C=O) groups is 1. The van der Waals surface area contributed by atoms with E-state index >= 15 is 0 Å². The molecule has 0 spiro atoms. The Morgan fingerprint density at radius 3 is 2.71 bits per heavy atom. The average Bonchev–Trinajstić information content (AvgIpc) is 3.10. The number of hydrogen-bond donors (Lipinski definition) is 3. The number of rotatable bonds is 6. The molecule has 24 heavy (non-hydrogen) atoms. The molecule has 7 heteroatoms. The van der Waals surface area contributed by atoms with Gasteiger partial charge in [0.25, 0.3) is 0 Å². The third-order valence-electron chi connectivity index (χ3n) is 3.42. The molecule has 1 atom stereocenters. The number of aromatic amines is 1. The van der Waals surface area contributed by atoms with Crippen molar-refractivity contribution in [3.05, 3.63) is 78.1 Å². The summed E-state index contributed by atoms with van der Waals surface area (Å²) in [4.78, 5) is 16.2. The Bertz CT molecular complexity index is 792. The van der Waals surface area contributed by atoms with E-state index in [4.69, 9.17) is 0 Å². The van der Waals surface area contributed by atoms with E-state index in [-0.39, 0.29) is 18.5 Å². The first-order chi connectivity index (χ1) is 11.7. The van der Waals surface area contributed by atoms with E-state index < -0.39 is 5.82 Å². The maximum absolute atomic E-state index is 13.2. The standard InChI is InChI=1S/C17H16FN5O/c18-13-7-4-8-14(9-13)22-15(24)10-19-16(17-20-11-21-23-17)12-5-2-1-3-6-12/h1-9,11,16,19H,10H2,(H,22,24)(H,20,21,23). The van der Waals surface area contributed by atoms with Gasteiger partial charge in [-0.1, -0.05) is 36.4 Å². The fourth-order valence-electron chi connectivity index (χ4n) is 2.34. The first kappa shape index (κ1) is 15.8. The van der Waals surface area contributed by atoms with Gasteiger partial charge in [0.1, 0.15) is 18.0 Å². The van der Waals surface area contributed by atoms with Crippen molar-refractivity contribution >= 4 is 11.6 Å². The molecule has 6 nitrogen and oxygen atoms in total. The summed E-state index contributed by atoms with van der Waals surface area (Å²) in [6.07, 6.45) is 1.42. The van der Waals surface area contributed by atoms with Crippen molar-refractivity contribution in [3.8, 4) is 0 Å². The highest BCUT2D eigenvalue weighted by molar-refractivity contribution is 5.92. The van der Waals surface area contributed by atoms with E-state index in [9.17, 15) is 9.18 Å². The highest BCUT2D eigenvalue weighted by Crippen LogP contribution is 2.17. The van der Waals surface area contributed by atoms with Crippen LogP contribution in [-0.4, -0.2) is 27.6 Å². The van der Waals surface area contributed by atoms with Crippen molar-refractivity contribution < 1.29 is 9.18 Å². The molecule has 2 aromatic carbocycles. The molecule has 3 aromatic rings. The fraction of sp³-hybridized carbons (Fsp3) is 0.118. The SMILES string of the molecule is O=C(CNC(c1ccccc1)c1ncn[nH]1)Nc1cccc(F)c1. The van der Waals surface area contributed by atoms with Crippen LogP contribution in [0.2, 0.25) is 0 Å². The lowest BCUT2D eigenvalue weighted by Crippen LogP contribution is -2.32. The van der Waals surface area contributed by atoms with Gasteiger partial charge in [-0.25, -0.2) is 9.37 Å². The molecule has 1 unspecified atom stereocenters. The second kappa shape index (κ2) is 7.47. The van der Waals surface area contributed by atoms with Crippen LogP contribution >= 0.6 is 0 Å². The number of H-pyrrole nitrogens is 1. The molecule has 0 fully saturated rings. The first-order valence-electron chi connectivity index (χ1n) is 7.41. The third-order valence-corrected chi connectivity index (χ3v) is 3.42. The number of halogens is 1. The van der Waals surface area contributed by atoms with Gasteiger partial charge in [0.15, 0.2) is 0 Å². The molecular formula is C17H16FN5O. The van der Waals surface area contributed by atoms with Crippen LogP contribution in [0, 0.1) is 5.82 Å². The highest BCUT2D eigenvalue weighted by atomic mass is 19.1. The predicted molar refractivity (Wildman–Crippen MR) is 87.7 cm³/mol. The lowest BCUT2D eigenvalue weighted by molar-refractivity contribution is -0.115. The number of aromatic nitrogens is 3. The molecule has 122 valence electrons. The number of amides is 1. The Hall–Kier alpha value is -3.06. The average molecular weight is 325 g/mol. The normalized spacial score (nSPS) is 11.9. The molecule has 0 aliphatic rings. The summed E-state index contributed by atoms with van der Waals surface area (Å²) < 4.78 is 13.2. The van der Waals surface area contributed by atoms with Gasteiger partial charge in [-0.3, -0.25) is 15.2 Å². The Morgan fingerprint density at radius 2 is 2.00 bits per heavy atom. The summed E-state index contributed by atoms with van der Waals surface area (Å²) in [7, 11) is 0. The minimum atomic E-state index is -0.399. The van der Waals surface area contributed by atoms with Gasteiger partial charge in [-0.15, -0.1) is 0 Å². The third kappa shape index (κ3) is 4.02. The largest absolute Gasteiger partial charge is 0.325 e. The van der Waals surface area contributed by atoms with Gasteiger partial charge in [0, 0.05) is 5.69 Å². The van der Waals surface area contributed by atoms with Crippen LogP contribution in [0.4, 0.5) is 10.1 Å². The van der Waals surface area contributed by atoms with E-state index in [0.29, 0.717) is 11.5 Å². The number of nitrogens with zero attached hydrogens (tertiary/aromatic N) is 2. The fourth-order valence-corrected chi connectivity index (χ4v) is 2.34. The summed E-state index contributed by atoms with van der Waals surface area (Å²) >= 11 is 0. The van der Waals surface area contributed by atoms with Crippen LogP contribution < -0.4 is 10.6 Å². The maximum atomic E-state index is 13.2. The second-order valence-electron chi connectivity index (χ2n) is 5.15. The number of carbonyl (C=O) groups excluding carboxylic acids is 1. The van der Waals surface area contributed by atoms with Crippen molar-refractivity contribution in [2.24, 2.45) is 0 Å².